The van der Waals surface area contributed by atoms with E-state index in [0.717, 1.165) is 18.1 Å². The molecular formula is C16H21NO6S2. The van der Waals surface area contributed by atoms with Gasteiger partial charge in [-0.2, -0.15) is 4.31 Å². The molecule has 2 rings (SSSR count). The van der Waals surface area contributed by atoms with Crippen LogP contribution in [0.4, 0.5) is 0 Å². The Morgan fingerprint density at radius 1 is 1.16 bits per heavy atom. The molecule has 9 heteroatoms. The average Bonchev–Trinajstić information content (AvgIpc) is 2.60. The van der Waals surface area contributed by atoms with Crippen molar-refractivity contribution in [3.05, 3.63) is 41.3 Å². The lowest BCUT2D eigenvalue weighted by Crippen LogP contribution is -2.43. The maximum Gasteiger partial charge on any atom is 0.320 e. The fourth-order valence-corrected chi connectivity index (χ4v) is 5.43. The van der Waals surface area contributed by atoms with Gasteiger partial charge in [0.05, 0.1) is 12.4 Å². The molecule has 0 unspecified atom stereocenters. The number of hydrogen-bond acceptors (Lipinski definition) is 6. The fourth-order valence-electron chi connectivity index (χ4n) is 2.60. The Morgan fingerprint density at radius 2 is 1.76 bits per heavy atom. The lowest BCUT2D eigenvalue weighted by molar-refractivity contribution is -0.137. The quantitative estimate of drug-likeness (QED) is 0.677. The first kappa shape index (κ1) is 19.6. The Bertz CT molecular complexity index is 823. The van der Waals surface area contributed by atoms with Gasteiger partial charge in [0.2, 0.25) is 10.0 Å². The third-order valence-electron chi connectivity index (χ3n) is 4.05. The molecule has 0 amide bonds. The summed E-state index contributed by atoms with van der Waals surface area (Å²) < 4.78 is 54.6. The number of sulfonamides is 1. The first-order valence-corrected chi connectivity index (χ1v) is 11.0. The highest BCUT2D eigenvalue weighted by Crippen LogP contribution is 2.22. The van der Waals surface area contributed by atoms with Crippen molar-refractivity contribution in [1.29, 1.82) is 0 Å². The number of carbonyl (C=O) groups is 1. The van der Waals surface area contributed by atoms with Crippen LogP contribution in [0.2, 0.25) is 0 Å². The standard InChI is InChI=1S/C16H21NO6S2/c1-23-16(18)13-24(19,20)15-7-10-17(11-8-15)25(21,22)12-9-14-5-3-2-4-6-14/h2-6,9,12,15H,7-8,10-11,13H2,1H3/b12-9+. The Kier molecular flexibility index (Phi) is 6.36. The van der Waals surface area contributed by atoms with Crippen molar-refractivity contribution < 1.29 is 26.4 Å². The minimum Gasteiger partial charge on any atom is -0.468 e. The van der Waals surface area contributed by atoms with Gasteiger partial charge in [-0.3, -0.25) is 4.79 Å². The summed E-state index contributed by atoms with van der Waals surface area (Å²) in [5.74, 6) is -1.48. The number of benzene rings is 1. The molecule has 25 heavy (non-hydrogen) atoms. The van der Waals surface area contributed by atoms with Crippen molar-refractivity contribution >= 4 is 31.9 Å². The molecule has 0 spiro atoms. The second-order valence-electron chi connectivity index (χ2n) is 5.74. The van der Waals surface area contributed by atoms with Crippen LogP contribution in [0, 0.1) is 0 Å². The molecule has 0 saturated carbocycles. The topological polar surface area (TPSA) is 97.8 Å². The third-order valence-corrected chi connectivity index (χ3v) is 7.74. The van der Waals surface area contributed by atoms with Gasteiger partial charge in [0.25, 0.3) is 0 Å². The predicted octanol–water partition coefficient (Wildman–Crippen LogP) is 1.04. The number of carbonyl (C=O) groups excluding carboxylic acids is 1. The Balaban J connectivity index is 1.99. The summed E-state index contributed by atoms with van der Waals surface area (Å²) in [4.78, 5) is 11.2. The zero-order valence-corrected chi connectivity index (χ0v) is 15.5. The Hall–Kier alpha value is -1.71. The number of sulfone groups is 1. The van der Waals surface area contributed by atoms with E-state index in [-0.39, 0.29) is 25.9 Å². The van der Waals surface area contributed by atoms with Crippen LogP contribution in [0.25, 0.3) is 6.08 Å². The van der Waals surface area contributed by atoms with Gasteiger partial charge in [-0.05, 0) is 24.5 Å². The number of esters is 1. The molecule has 7 nitrogen and oxygen atoms in total. The SMILES string of the molecule is COC(=O)CS(=O)(=O)C1CCN(S(=O)(=O)/C=C/c2ccccc2)CC1. The van der Waals surface area contributed by atoms with E-state index in [0.29, 0.717) is 0 Å². The van der Waals surface area contributed by atoms with Gasteiger partial charge in [0.1, 0.15) is 5.75 Å². The molecule has 1 saturated heterocycles. The molecular weight excluding hydrogens is 366 g/mol. The second kappa shape index (κ2) is 8.11. The number of nitrogens with zero attached hydrogens (tertiary/aromatic N) is 1. The van der Waals surface area contributed by atoms with Crippen molar-refractivity contribution in [3.63, 3.8) is 0 Å². The molecule has 0 N–H and O–H groups in total. The molecule has 0 aliphatic carbocycles. The maximum atomic E-state index is 12.4. The van der Waals surface area contributed by atoms with Crippen LogP contribution >= 0.6 is 0 Å². The summed E-state index contributed by atoms with van der Waals surface area (Å²) in [6, 6.07) is 9.04. The molecule has 1 aromatic carbocycles. The highest BCUT2D eigenvalue weighted by molar-refractivity contribution is 7.93. The molecule has 1 aliphatic rings. The fraction of sp³-hybridized carbons (Fsp3) is 0.438. The maximum absolute atomic E-state index is 12.4. The van der Waals surface area contributed by atoms with Gasteiger partial charge in [-0.15, -0.1) is 0 Å². The molecule has 138 valence electrons. The second-order valence-corrected chi connectivity index (χ2v) is 9.84. The summed E-state index contributed by atoms with van der Waals surface area (Å²) in [6.07, 6.45) is 1.84. The summed E-state index contributed by atoms with van der Waals surface area (Å²) in [6.45, 7) is 0.207. The Morgan fingerprint density at radius 3 is 2.32 bits per heavy atom. The Labute approximate surface area is 148 Å². The molecule has 1 aromatic rings. The lowest BCUT2D eigenvalue weighted by Gasteiger charge is -2.29. The zero-order chi connectivity index (χ0) is 18.5. The number of hydrogen-bond donors (Lipinski definition) is 0. The number of piperidine rings is 1. The molecule has 1 aliphatic heterocycles. The zero-order valence-electron chi connectivity index (χ0n) is 13.9. The van der Waals surface area contributed by atoms with Crippen LogP contribution in [-0.2, 0) is 29.4 Å². The van der Waals surface area contributed by atoms with Crippen LogP contribution in [0.15, 0.2) is 35.7 Å². The van der Waals surface area contributed by atoms with Gasteiger partial charge in [-0.1, -0.05) is 30.3 Å². The average molecular weight is 387 g/mol. The first-order valence-electron chi connectivity index (χ1n) is 7.76. The molecule has 0 bridgehead atoms. The smallest absolute Gasteiger partial charge is 0.320 e. The summed E-state index contributed by atoms with van der Waals surface area (Å²) in [5.41, 5.74) is 0.765. The van der Waals surface area contributed by atoms with Crippen molar-refractivity contribution in [2.45, 2.75) is 18.1 Å². The van der Waals surface area contributed by atoms with Crippen molar-refractivity contribution in [2.75, 3.05) is 26.0 Å². The minimum absolute atomic E-state index is 0.104. The van der Waals surface area contributed by atoms with E-state index in [9.17, 15) is 21.6 Å². The monoisotopic (exact) mass is 387 g/mol. The highest BCUT2D eigenvalue weighted by atomic mass is 32.2. The lowest BCUT2D eigenvalue weighted by atomic mass is 10.2. The van der Waals surface area contributed by atoms with Crippen LogP contribution < -0.4 is 0 Å². The van der Waals surface area contributed by atoms with Crippen molar-refractivity contribution in [3.8, 4) is 0 Å². The van der Waals surface area contributed by atoms with Gasteiger partial charge in [-0.25, -0.2) is 16.8 Å². The van der Waals surface area contributed by atoms with Gasteiger partial charge < -0.3 is 4.74 Å². The predicted molar refractivity (Wildman–Crippen MR) is 94.8 cm³/mol. The van der Waals surface area contributed by atoms with Crippen LogP contribution in [0.3, 0.4) is 0 Å². The van der Waals surface area contributed by atoms with Gasteiger partial charge >= 0.3 is 5.97 Å². The number of methoxy groups -OCH3 is 1. The van der Waals surface area contributed by atoms with Crippen LogP contribution in [-0.4, -0.2) is 58.3 Å². The van der Waals surface area contributed by atoms with E-state index >= 15 is 0 Å². The van der Waals surface area contributed by atoms with E-state index in [1.807, 2.05) is 18.2 Å². The highest BCUT2D eigenvalue weighted by Gasteiger charge is 2.34. The van der Waals surface area contributed by atoms with E-state index in [1.54, 1.807) is 12.1 Å². The molecule has 0 aromatic heterocycles. The number of rotatable bonds is 6. The first-order chi connectivity index (χ1) is 11.7. The molecule has 1 heterocycles. The minimum atomic E-state index is -3.63. The molecule has 1 fully saturated rings. The summed E-state index contributed by atoms with van der Waals surface area (Å²) >= 11 is 0. The van der Waals surface area contributed by atoms with Crippen LogP contribution in [0.5, 0.6) is 0 Å². The van der Waals surface area contributed by atoms with Crippen molar-refractivity contribution in [2.24, 2.45) is 0 Å². The van der Waals surface area contributed by atoms with Gasteiger partial charge in [0.15, 0.2) is 9.84 Å². The van der Waals surface area contributed by atoms with E-state index in [4.69, 9.17) is 0 Å². The van der Waals surface area contributed by atoms with E-state index < -0.39 is 36.8 Å². The third kappa shape index (κ3) is 5.38. The van der Waals surface area contributed by atoms with E-state index in [1.165, 1.54) is 10.4 Å². The largest absolute Gasteiger partial charge is 0.468 e. The van der Waals surface area contributed by atoms with Gasteiger partial charge in [0, 0.05) is 18.5 Å². The normalized spacial score (nSPS) is 17.6. The summed E-state index contributed by atoms with van der Waals surface area (Å²) in [5, 5.41) is 0.405. The molecule has 0 atom stereocenters. The molecule has 0 radical (unpaired) electrons. The van der Waals surface area contributed by atoms with Crippen LogP contribution in [0.1, 0.15) is 18.4 Å². The van der Waals surface area contributed by atoms with E-state index in [2.05, 4.69) is 4.74 Å². The number of ether oxygens (including phenoxy) is 1. The summed E-state index contributed by atoms with van der Waals surface area (Å²) in [7, 11) is -6.11. The van der Waals surface area contributed by atoms with Crippen molar-refractivity contribution in [1.82, 2.24) is 4.31 Å².